The highest BCUT2D eigenvalue weighted by Crippen LogP contribution is 2.28. The summed E-state index contributed by atoms with van der Waals surface area (Å²) in [6, 6.07) is 0. The molecule has 192 valence electrons. The van der Waals surface area contributed by atoms with E-state index >= 15 is 0 Å². The van der Waals surface area contributed by atoms with Crippen molar-refractivity contribution in [2.24, 2.45) is 10.2 Å². The molecule has 3 rings (SSSR count). The molecule has 1 unspecified atom stereocenters. The van der Waals surface area contributed by atoms with Gasteiger partial charge >= 0.3 is 6.18 Å². The lowest BCUT2D eigenvalue weighted by molar-refractivity contribution is -0.138. The summed E-state index contributed by atoms with van der Waals surface area (Å²) in [6.07, 6.45) is -2.02. The third-order valence-electron chi connectivity index (χ3n) is 5.11. The van der Waals surface area contributed by atoms with Crippen LogP contribution in [0.15, 0.2) is 34.6 Å². The molecule has 1 aromatic rings. The molecular weight excluding hydrogens is 541 g/mol. The van der Waals surface area contributed by atoms with E-state index in [9.17, 15) is 22.8 Å². The van der Waals surface area contributed by atoms with Gasteiger partial charge in [0.2, 0.25) is 11.9 Å². The Bertz CT molecular complexity index is 938. The van der Waals surface area contributed by atoms with E-state index in [-0.39, 0.29) is 38.1 Å². The Morgan fingerprint density at radius 1 is 1.20 bits per heavy atom. The predicted octanol–water partition coefficient (Wildman–Crippen LogP) is 2.18. The van der Waals surface area contributed by atoms with Crippen LogP contribution in [0.25, 0.3) is 0 Å². The topological polar surface area (TPSA) is 119 Å². The van der Waals surface area contributed by atoms with Gasteiger partial charge in [-0.15, -0.1) is 5.11 Å². The molecule has 2 atom stereocenters. The second-order valence-corrected chi connectivity index (χ2v) is 8.52. The van der Waals surface area contributed by atoms with Gasteiger partial charge in [-0.3, -0.25) is 9.59 Å². The van der Waals surface area contributed by atoms with E-state index in [4.69, 9.17) is 14.2 Å². The number of ether oxygens (including phenoxy) is 3. The van der Waals surface area contributed by atoms with E-state index < -0.39 is 28.6 Å². The van der Waals surface area contributed by atoms with Gasteiger partial charge in [0.15, 0.2) is 4.83 Å². The first-order valence-corrected chi connectivity index (χ1v) is 11.5. The predicted molar refractivity (Wildman–Crippen MR) is 119 cm³/mol. The van der Waals surface area contributed by atoms with Crippen LogP contribution in [0.1, 0.15) is 12.0 Å². The molecule has 1 fully saturated rings. The summed E-state index contributed by atoms with van der Waals surface area (Å²) in [5, 5.41) is 7.00. The van der Waals surface area contributed by atoms with Gasteiger partial charge in [0, 0.05) is 45.7 Å². The van der Waals surface area contributed by atoms with Gasteiger partial charge in [-0.05, 0) is 0 Å². The van der Waals surface area contributed by atoms with Crippen molar-refractivity contribution in [1.29, 1.82) is 0 Å². The fraction of sp³-hybridized carbons (Fsp3) is 0.600. The minimum absolute atomic E-state index is 0.108. The SMILES string of the molecule is COC[C@H](COCCC(=O)N1CCN(c2ncc(C(F)(F)F)cn2)CC1)OC1=CN=NC(=O)C1Br. The third kappa shape index (κ3) is 7.67. The molecule has 2 amide bonds. The standard InChI is InChI=1S/C20H24BrF3N6O5/c1-33-11-14(35-15-10-27-28-18(32)17(15)21)12-34-7-2-16(31)29-3-5-30(6-4-29)19-25-8-13(9-26-19)20(22,23)24/h8-10,14,17H,2-7,11-12H2,1H3/t14-,17?/m1/s1. The molecule has 2 aliphatic rings. The quantitative estimate of drug-likeness (QED) is 0.313. The Balaban J connectivity index is 1.38. The highest BCUT2D eigenvalue weighted by Gasteiger charge is 2.32. The number of hydrogen-bond acceptors (Lipinski definition) is 9. The number of carbonyl (C=O) groups is 2. The second-order valence-electron chi connectivity index (χ2n) is 7.61. The normalized spacial score (nSPS) is 19.5. The van der Waals surface area contributed by atoms with Crippen LogP contribution in [0, 0.1) is 0 Å². The fourth-order valence-corrected chi connectivity index (χ4v) is 3.60. The molecule has 11 nitrogen and oxygen atoms in total. The summed E-state index contributed by atoms with van der Waals surface area (Å²) < 4.78 is 54.4. The lowest BCUT2D eigenvalue weighted by Crippen LogP contribution is -2.49. The number of alkyl halides is 4. The van der Waals surface area contributed by atoms with Crippen LogP contribution in [0.5, 0.6) is 0 Å². The molecule has 15 heteroatoms. The van der Waals surface area contributed by atoms with Crippen LogP contribution < -0.4 is 4.90 Å². The monoisotopic (exact) mass is 564 g/mol. The Morgan fingerprint density at radius 3 is 2.51 bits per heavy atom. The van der Waals surface area contributed by atoms with Crippen molar-refractivity contribution >= 4 is 33.7 Å². The van der Waals surface area contributed by atoms with E-state index in [1.165, 1.54) is 13.3 Å². The van der Waals surface area contributed by atoms with Crippen LogP contribution in [0.3, 0.4) is 0 Å². The summed E-state index contributed by atoms with van der Waals surface area (Å²) in [5.41, 5.74) is -0.908. The first kappa shape index (κ1) is 26.9. The number of methoxy groups -OCH3 is 1. The fourth-order valence-electron chi connectivity index (χ4n) is 3.28. The Morgan fingerprint density at radius 2 is 1.89 bits per heavy atom. The molecule has 0 spiro atoms. The number of amides is 2. The second kappa shape index (κ2) is 12.4. The molecule has 1 aromatic heterocycles. The summed E-state index contributed by atoms with van der Waals surface area (Å²) in [7, 11) is 1.50. The molecule has 0 aliphatic carbocycles. The minimum Gasteiger partial charge on any atom is -0.487 e. The van der Waals surface area contributed by atoms with Gasteiger partial charge in [0.1, 0.15) is 11.9 Å². The highest BCUT2D eigenvalue weighted by molar-refractivity contribution is 9.10. The van der Waals surface area contributed by atoms with Crippen molar-refractivity contribution in [3.8, 4) is 0 Å². The van der Waals surface area contributed by atoms with Gasteiger partial charge < -0.3 is 24.0 Å². The third-order valence-corrected chi connectivity index (χ3v) is 5.95. The van der Waals surface area contributed by atoms with Crippen molar-refractivity contribution < 1.29 is 37.0 Å². The van der Waals surface area contributed by atoms with E-state index in [1.54, 1.807) is 9.80 Å². The maximum atomic E-state index is 12.7. The van der Waals surface area contributed by atoms with Gasteiger partial charge in [-0.25, -0.2) is 9.97 Å². The molecule has 2 aliphatic heterocycles. The van der Waals surface area contributed by atoms with Gasteiger partial charge in [-0.1, -0.05) is 15.9 Å². The van der Waals surface area contributed by atoms with Gasteiger partial charge in [0.05, 0.1) is 38.0 Å². The number of halogens is 4. The molecular formula is C20H24BrF3N6O5. The number of carbonyl (C=O) groups excluding carboxylic acids is 2. The lowest BCUT2D eigenvalue weighted by Gasteiger charge is -2.34. The largest absolute Gasteiger partial charge is 0.487 e. The Labute approximate surface area is 207 Å². The average molecular weight is 565 g/mol. The zero-order valence-corrected chi connectivity index (χ0v) is 20.4. The molecule has 35 heavy (non-hydrogen) atoms. The summed E-state index contributed by atoms with van der Waals surface area (Å²) in [4.78, 5) is 34.3. The number of rotatable bonds is 10. The Kier molecular flexibility index (Phi) is 9.51. The first-order chi connectivity index (χ1) is 16.7. The van der Waals surface area contributed by atoms with E-state index in [0.29, 0.717) is 31.9 Å². The maximum absolute atomic E-state index is 12.7. The Hall–Kier alpha value is -2.65. The zero-order valence-electron chi connectivity index (χ0n) is 18.8. The van der Waals surface area contributed by atoms with Crippen LogP contribution in [-0.4, -0.2) is 90.7 Å². The summed E-state index contributed by atoms with van der Waals surface area (Å²) in [5.74, 6) is -0.0971. The van der Waals surface area contributed by atoms with Crippen LogP contribution in [0.2, 0.25) is 0 Å². The summed E-state index contributed by atoms with van der Waals surface area (Å²) >= 11 is 3.19. The zero-order chi connectivity index (χ0) is 25.4. The maximum Gasteiger partial charge on any atom is 0.419 e. The first-order valence-electron chi connectivity index (χ1n) is 10.6. The van der Waals surface area contributed by atoms with Crippen molar-refractivity contribution in [3.63, 3.8) is 0 Å². The van der Waals surface area contributed by atoms with E-state index in [2.05, 4.69) is 36.1 Å². The average Bonchev–Trinajstić information content (AvgIpc) is 2.84. The molecule has 0 N–H and O–H groups in total. The summed E-state index contributed by atoms with van der Waals surface area (Å²) in [6.45, 7) is 2.07. The lowest BCUT2D eigenvalue weighted by atomic mass is 10.3. The van der Waals surface area contributed by atoms with Crippen molar-refractivity contribution in [3.05, 3.63) is 29.9 Å². The van der Waals surface area contributed by atoms with Crippen molar-refractivity contribution in [1.82, 2.24) is 14.9 Å². The molecule has 0 radical (unpaired) electrons. The number of aromatic nitrogens is 2. The van der Waals surface area contributed by atoms with Gasteiger partial charge in [0.25, 0.3) is 5.91 Å². The minimum atomic E-state index is -4.49. The van der Waals surface area contributed by atoms with Crippen LogP contribution in [0.4, 0.5) is 19.1 Å². The van der Waals surface area contributed by atoms with Crippen LogP contribution in [-0.2, 0) is 30.0 Å². The molecule has 3 heterocycles. The molecule has 0 saturated carbocycles. The highest BCUT2D eigenvalue weighted by atomic mass is 79.9. The molecule has 1 saturated heterocycles. The van der Waals surface area contributed by atoms with E-state index in [1.807, 2.05) is 0 Å². The number of nitrogens with zero attached hydrogens (tertiary/aromatic N) is 6. The number of piperazine rings is 1. The van der Waals surface area contributed by atoms with Gasteiger partial charge in [-0.2, -0.15) is 18.3 Å². The van der Waals surface area contributed by atoms with E-state index in [0.717, 1.165) is 12.4 Å². The molecule has 0 aromatic carbocycles. The molecule has 0 bridgehead atoms. The van der Waals surface area contributed by atoms with Crippen molar-refractivity contribution in [2.45, 2.75) is 23.5 Å². The number of hydrogen-bond donors (Lipinski definition) is 0. The van der Waals surface area contributed by atoms with Crippen LogP contribution >= 0.6 is 15.9 Å². The number of azo groups is 1. The smallest absolute Gasteiger partial charge is 0.419 e. The number of anilines is 1. The van der Waals surface area contributed by atoms with Crippen molar-refractivity contribution in [2.75, 3.05) is 58.0 Å².